The highest BCUT2D eigenvalue weighted by atomic mass is 19.4. The van der Waals surface area contributed by atoms with Gasteiger partial charge in [0.1, 0.15) is 0 Å². The Morgan fingerprint density at radius 3 is 2.65 bits per heavy atom. The predicted molar refractivity (Wildman–Crippen MR) is 91.9 cm³/mol. The first kappa shape index (κ1) is 17.7. The van der Waals surface area contributed by atoms with Gasteiger partial charge in [0, 0.05) is 11.8 Å². The van der Waals surface area contributed by atoms with E-state index in [2.05, 4.69) is 10.4 Å². The Kier molecular flexibility index (Phi) is 4.79. The molecule has 0 spiro atoms. The molecule has 0 radical (unpaired) electrons. The van der Waals surface area contributed by atoms with Crippen molar-refractivity contribution in [1.29, 1.82) is 0 Å². The molecule has 0 bridgehead atoms. The van der Waals surface area contributed by atoms with Crippen molar-refractivity contribution < 1.29 is 18.0 Å². The molecule has 0 saturated carbocycles. The van der Waals surface area contributed by atoms with Crippen LogP contribution in [0.15, 0.2) is 60.9 Å². The van der Waals surface area contributed by atoms with Crippen LogP contribution in [-0.2, 0) is 12.7 Å². The first-order valence-electron chi connectivity index (χ1n) is 7.88. The Morgan fingerprint density at radius 2 is 1.92 bits per heavy atom. The maximum absolute atomic E-state index is 12.8. The van der Waals surface area contributed by atoms with Gasteiger partial charge in [-0.2, -0.15) is 18.3 Å². The fourth-order valence-electron chi connectivity index (χ4n) is 2.57. The van der Waals surface area contributed by atoms with Crippen molar-refractivity contribution >= 4 is 11.6 Å². The Bertz CT molecular complexity index is 932. The SMILES string of the molecule is Cc1ccccc1C(=O)Nc1cnn(Cc2cccc(C(F)(F)F)c2)c1. The predicted octanol–water partition coefficient (Wildman–Crippen LogP) is 4.51. The van der Waals surface area contributed by atoms with E-state index in [1.165, 1.54) is 16.9 Å². The minimum absolute atomic E-state index is 0.171. The van der Waals surface area contributed by atoms with Gasteiger partial charge in [0.05, 0.1) is 24.0 Å². The molecule has 0 aliphatic heterocycles. The molecule has 1 aromatic heterocycles. The van der Waals surface area contributed by atoms with Gasteiger partial charge in [0.2, 0.25) is 0 Å². The Labute approximate surface area is 148 Å². The normalized spacial score (nSPS) is 11.4. The fraction of sp³-hybridized carbons (Fsp3) is 0.158. The van der Waals surface area contributed by atoms with Crippen molar-refractivity contribution in [3.05, 3.63) is 83.2 Å². The number of rotatable bonds is 4. The van der Waals surface area contributed by atoms with E-state index in [0.717, 1.165) is 17.7 Å². The molecule has 1 N–H and O–H groups in total. The van der Waals surface area contributed by atoms with Crippen molar-refractivity contribution in [2.45, 2.75) is 19.6 Å². The average molecular weight is 359 g/mol. The lowest BCUT2D eigenvalue weighted by Crippen LogP contribution is -2.12. The van der Waals surface area contributed by atoms with Crippen LogP contribution >= 0.6 is 0 Å². The number of hydrogen-bond donors (Lipinski definition) is 1. The van der Waals surface area contributed by atoms with Gasteiger partial charge >= 0.3 is 6.18 Å². The highest BCUT2D eigenvalue weighted by Crippen LogP contribution is 2.29. The van der Waals surface area contributed by atoms with Crippen LogP contribution in [0.2, 0.25) is 0 Å². The number of nitrogens with zero attached hydrogens (tertiary/aromatic N) is 2. The van der Waals surface area contributed by atoms with Crippen LogP contribution in [0.5, 0.6) is 0 Å². The molecule has 26 heavy (non-hydrogen) atoms. The number of nitrogens with one attached hydrogen (secondary N) is 1. The second-order valence-corrected chi connectivity index (χ2v) is 5.89. The van der Waals surface area contributed by atoms with Crippen LogP contribution in [0, 0.1) is 6.92 Å². The smallest absolute Gasteiger partial charge is 0.319 e. The van der Waals surface area contributed by atoms with Gasteiger partial charge in [-0.3, -0.25) is 9.48 Å². The third-order valence-electron chi connectivity index (χ3n) is 3.88. The summed E-state index contributed by atoms with van der Waals surface area (Å²) in [5.74, 6) is -0.262. The standard InChI is InChI=1S/C19H16F3N3O/c1-13-5-2-3-8-17(13)18(26)24-16-10-23-25(12-16)11-14-6-4-7-15(9-14)19(20,21)22/h2-10,12H,11H2,1H3,(H,24,26). The molecule has 2 aromatic carbocycles. The zero-order chi connectivity index (χ0) is 18.7. The summed E-state index contributed by atoms with van der Waals surface area (Å²) in [5, 5.41) is 6.83. The van der Waals surface area contributed by atoms with Crippen molar-refractivity contribution in [3.8, 4) is 0 Å². The maximum Gasteiger partial charge on any atom is 0.416 e. The molecule has 0 fully saturated rings. The van der Waals surface area contributed by atoms with Crippen LogP contribution in [0.4, 0.5) is 18.9 Å². The fourth-order valence-corrected chi connectivity index (χ4v) is 2.57. The number of anilines is 1. The molecule has 0 unspecified atom stereocenters. The molecule has 4 nitrogen and oxygen atoms in total. The first-order valence-corrected chi connectivity index (χ1v) is 7.88. The molecular weight excluding hydrogens is 343 g/mol. The summed E-state index contributed by atoms with van der Waals surface area (Å²) < 4.78 is 39.8. The van der Waals surface area contributed by atoms with Gasteiger partial charge in [0.25, 0.3) is 5.91 Å². The van der Waals surface area contributed by atoms with Crippen molar-refractivity contribution in [1.82, 2.24) is 9.78 Å². The third kappa shape index (κ3) is 4.11. The number of alkyl halides is 3. The molecular formula is C19H16F3N3O. The van der Waals surface area contributed by atoms with E-state index in [0.29, 0.717) is 16.8 Å². The number of carbonyl (C=O) groups is 1. The summed E-state index contributed by atoms with van der Waals surface area (Å²) in [6, 6.07) is 12.3. The molecule has 1 heterocycles. The second kappa shape index (κ2) is 7.03. The summed E-state index contributed by atoms with van der Waals surface area (Å²) in [4.78, 5) is 12.3. The first-order chi connectivity index (χ1) is 12.3. The summed E-state index contributed by atoms with van der Waals surface area (Å²) in [6.45, 7) is 2.01. The molecule has 0 atom stereocenters. The maximum atomic E-state index is 12.8. The Balaban J connectivity index is 1.71. The zero-order valence-electron chi connectivity index (χ0n) is 13.9. The van der Waals surface area contributed by atoms with E-state index >= 15 is 0 Å². The van der Waals surface area contributed by atoms with E-state index in [1.807, 2.05) is 19.1 Å². The van der Waals surface area contributed by atoms with Crippen LogP contribution in [0.1, 0.15) is 27.0 Å². The topological polar surface area (TPSA) is 46.9 Å². The van der Waals surface area contributed by atoms with Gasteiger partial charge in [-0.1, -0.05) is 30.3 Å². The van der Waals surface area contributed by atoms with E-state index in [-0.39, 0.29) is 12.5 Å². The van der Waals surface area contributed by atoms with Crippen LogP contribution in [-0.4, -0.2) is 15.7 Å². The molecule has 7 heteroatoms. The average Bonchev–Trinajstić information content (AvgIpc) is 3.01. The summed E-state index contributed by atoms with van der Waals surface area (Å²) in [5.41, 5.74) is 1.65. The highest BCUT2D eigenvalue weighted by molar-refractivity contribution is 6.05. The highest BCUT2D eigenvalue weighted by Gasteiger charge is 2.30. The lowest BCUT2D eigenvalue weighted by molar-refractivity contribution is -0.137. The third-order valence-corrected chi connectivity index (χ3v) is 3.88. The largest absolute Gasteiger partial charge is 0.416 e. The Morgan fingerprint density at radius 1 is 1.15 bits per heavy atom. The number of halogens is 3. The molecule has 0 aliphatic carbocycles. The molecule has 3 rings (SSSR count). The number of aryl methyl sites for hydroxylation is 1. The van der Waals surface area contributed by atoms with Crippen LogP contribution in [0.25, 0.3) is 0 Å². The van der Waals surface area contributed by atoms with Crippen LogP contribution in [0.3, 0.4) is 0 Å². The van der Waals surface area contributed by atoms with Gasteiger partial charge in [-0.15, -0.1) is 0 Å². The molecule has 134 valence electrons. The van der Waals surface area contributed by atoms with E-state index in [9.17, 15) is 18.0 Å². The zero-order valence-corrected chi connectivity index (χ0v) is 13.9. The number of hydrogen-bond acceptors (Lipinski definition) is 2. The van der Waals surface area contributed by atoms with E-state index in [1.54, 1.807) is 24.4 Å². The molecule has 1 amide bonds. The quantitative estimate of drug-likeness (QED) is 0.745. The summed E-state index contributed by atoms with van der Waals surface area (Å²) >= 11 is 0. The van der Waals surface area contributed by atoms with Crippen molar-refractivity contribution in [2.24, 2.45) is 0 Å². The number of carbonyl (C=O) groups excluding carboxylic acids is 1. The summed E-state index contributed by atoms with van der Waals surface area (Å²) in [6.07, 6.45) is -1.34. The minimum atomic E-state index is -4.38. The van der Waals surface area contributed by atoms with Gasteiger partial charge in [-0.05, 0) is 36.2 Å². The molecule has 3 aromatic rings. The number of benzene rings is 2. The lowest BCUT2D eigenvalue weighted by atomic mass is 10.1. The summed E-state index contributed by atoms with van der Waals surface area (Å²) in [7, 11) is 0. The number of amides is 1. The van der Waals surface area contributed by atoms with Gasteiger partial charge < -0.3 is 5.32 Å². The minimum Gasteiger partial charge on any atom is -0.319 e. The van der Waals surface area contributed by atoms with Gasteiger partial charge in [-0.25, -0.2) is 0 Å². The number of aromatic nitrogens is 2. The van der Waals surface area contributed by atoms with E-state index in [4.69, 9.17) is 0 Å². The van der Waals surface area contributed by atoms with Crippen molar-refractivity contribution in [2.75, 3.05) is 5.32 Å². The molecule has 0 saturated heterocycles. The molecule has 0 aliphatic rings. The second-order valence-electron chi connectivity index (χ2n) is 5.89. The van der Waals surface area contributed by atoms with Crippen molar-refractivity contribution in [3.63, 3.8) is 0 Å². The monoisotopic (exact) mass is 359 g/mol. The van der Waals surface area contributed by atoms with Gasteiger partial charge in [0.15, 0.2) is 0 Å². The Hall–Kier alpha value is -3.09. The van der Waals surface area contributed by atoms with Crippen LogP contribution < -0.4 is 5.32 Å². The lowest BCUT2D eigenvalue weighted by Gasteiger charge is -2.08. The van der Waals surface area contributed by atoms with E-state index < -0.39 is 11.7 Å².